The highest BCUT2D eigenvalue weighted by atomic mass is 16.6. The van der Waals surface area contributed by atoms with Crippen LogP contribution >= 0.6 is 0 Å². The molecule has 27 heavy (non-hydrogen) atoms. The molecule has 0 atom stereocenters. The van der Waals surface area contributed by atoms with Gasteiger partial charge in [-0.3, -0.25) is 14.9 Å². The summed E-state index contributed by atoms with van der Waals surface area (Å²) in [4.78, 5) is 34.9. The molecule has 136 valence electrons. The summed E-state index contributed by atoms with van der Waals surface area (Å²) in [6, 6.07) is 19.4. The van der Waals surface area contributed by atoms with Gasteiger partial charge < -0.3 is 4.74 Å². The normalized spacial score (nSPS) is 10.5. The number of nitro groups is 1. The van der Waals surface area contributed by atoms with Crippen molar-refractivity contribution in [3.8, 4) is 0 Å². The number of hydrogen-bond acceptors (Lipinski definition) is 5. The van der Waals surface area contributed by atoms with Crippen LogP contribution in [0.1, 0.15) is 17.5 Å². The van der Waals surface area contributed by atoms with Crippen LogP contribution in [0.4, 0.5) is 5.69 Å². The van der Waals surface area contributed by atoms with Crippen molar-refractivity contribution in [1.29, 1.82) is 0 Å². The lowest BCUT2D eigenvalue weighted by molar-refractivity contribution is -0.385. The molecule has 0 N–H and O–H groups in total. The Morgan fingerprint density at radius 1 is 0.926 bits per heavy atom. The number of nitrogens with zero attached hydrogens (tertiary/aromatic N) is 1. The van der Waals surface area contributed by atoms with E-state index in [1.165, 1.54) is 6.07 Å². The van der Waals surface area contributed by atoms with E-state index in [0.717, 1.165) is 10.9 Å². The van der Waals surface area contributed by atoms with Crippen LogP contribution in [0.3, 0.4) is 0 Å². The smallest absolute Gasteiger partial charge is 0.374 e. The van der Waals surface area contributed by atoms with Gasteiger partial charge in [0.05, 0.1) is 4.92 Å². The maximum Gasteiger partial charge on any atom is 0.374 e. The fraction of sp³-hybridized carbons (Fsp3) is 0.143. The molecule has 0 amide bonds. The van der Waals surface area contributed by atoms with Crippen molar-refractivity contribution in [1.82, 2.24) is 0 Å². The first kappa shape index (κ1) is 18.3. The third-order valence-electron chi connectivity index (χ3n) is 4.26. The molecule has 0 heterocycles. The molecular weight excluding hydrogens is 346 g/mol. The second-order valence-corrected chi connectivity index (χ2v) is 6.03. The van der Waals surface area contributed by atoms with E-state index in [2.05, 4.69) is 0 Å². The maximum absolute atomic E-state index is 12.1. The molecule has 6 nitrogen and oxygen atoms in total. The van der Waals surface area contributed by atoms with Crippen molar-refractivity contribution in [2.24, 2.45) is 0 Å². The molecule has 0 spiro atoms. The molecule has 0 aliphatic heterocycles. The first-order valence-corrected chi connectivity index (χ1v) is 8.45. The summed E-state index contributed by atoms with van der Waals surface area (Å²) in [5, 5.41) is 12.9. The van der Waals surface area contributed by atoms with Crippen LogP contribution in [0.2, 0.25) is 0 Å². The van der Waals surface area contributed by atoms with Crippen LogP contribution in [-0.2, 0) is 27.4 Å². The van der Waals surface area contributed by atoms with Crippen molar-refractivity contribution in [3.63, 3.8) is 0 Å². The summed E-state index contributed by atoms with van der Waals surface area (Å²) < 4.78 is 5.02. The number of fused-ring (bicyclic) bond motifs is 1. The number of esters is 1. The highest BCUT2D eigenvalue weighted by Crippen LogP contribution is 2.29. The van der Waals surface area contributed by atoms with Gasteiger partial charge >= 0.3 is 5.97 Å². The van der Waals surface area contributed by atoms with Crippen molar-refractivity contribution in [2.45, 2.75) is 19.4 Å². The largest absolute Gasteiger partial charge is 0.455 e. The van der Waals surface area contributed by atoms with Gasteiger partial charge in [-0.05, 0) is 28.8 Å². The van der Waals surface area contributed by atoms with Crippen molar-refractivity contribution in [3.05, 3.63) is 88.0 Å². The first-order valence-electron chi connectivity index (χ1n) is 8.45. The summed E-state index contributed by atoms with van der Waals surface area (Å²) >= 11 is 0. The number of ketones is 1. The van der Waals surface area contributed by atoms with E-state index in [1.807, 2.05) is 30.3 Å². The lowest BCUT2D eigenvalue weighted by Gasteiger charge is -2.08. The number of rotatable bonds is 7. The Morgan fingerprint density at radius 2 is 1.63 bits per heavy atom. The first-order chi connectivity index (χ1) is 13.1. The second-order valence-electron chi connectivity index (χ2n) is 6.03. The van der Waals surface area contributed by atoms with Gasteiger partial charge in [-0.2, -0.15) is 0 Å². The van der Waals surface area contributed by atoms with Gasteiger partial charge in [0.1, 0.15) is 6.61 Å². The fourth-order valence-corrected chi connectivity index (χ4v) is 2.90. The van der Waals surface area contributed by atoms with E-state index in [1.54, 1.807) is 30.3 Å². The monoisotopic (exact) mass is 363 g/mol. The Kier molecular flexibility index (Phi) is 5.56. The topological polar surface area (TPSA) is 86.5 Å². The Balaban J connectivity index is 1.70. The molecule has 0 saturated carbocycles. The molecule has 6 heteroatoms. The van der Waals surface area contributed by atoms with E-state index in [4.69, 9.17) is 4.74 Å². The predicted molar refractivity (Wildman–Crippen MR) is 100 cm³/mol. The van der Waals surface area contributed by atoms with E-state index >= 15 is 0 Å². The molecule has 0 aromatic heterocycles. The van der Waals surface area contributed by atoms with Gasteiger partial charge in [0, 0.05) is 18.1 Å². The number of Topliss-reactive ketones (excluding diaryl/α,β-unsaturated/α-hetero) is 1. The van der Waals surface area contributed by atoms with Crippen LogP contribution in [0, 0.1) is 10.1 Å². The average Bonchev–Trinajstić information content (AvgIpc) is 2.70. The Labute approximate surface area is 155 Å². The summed E-state index contributed by atoms with van der Waals surface area (Å²) in [6.07, 6.45) is -0.0561. The van der Waals surface area contributed by atoms with Crippen molar-refractivity contribution in [2.75, 3.05) is 0 Å². The highest BCUT2D eigenvalue weighted by molar-refractivity contribution is 6.33. The van der Waals surface area contributed by atoms with E-state index < -0.39 is 16.7 Å². The van der Waals surface area contributed by atoms with E-state index in [0.29, 0.717) is 10.9 Å². The number of carbonyl (C=O) groups excluding carboxylic acids is 2. The molecule has 3 aromatic carbocycles. The summed E-state index contributed by atoms with van der Waals surface area (Å²) in [5.41, 5.74) is 1.17. The third-order valence-corrected chi connectivity index (χ3v) is 4.26. The maximum atomic E-state index is 12.1. The lowest BCUT2D eigenvalue weighted by atomic mass is 9.98. The van der Waals surface area contributed by atoms with Crippen LogP contribution in [0.25, 0.3) is 10.8 Å². The number of hydrogen-bond donors (Lipinski definition) is 0. The van der Waals surface area contributed by atoms with Crippen molar-refractivity contribution < 1.29 is 19.2 Å². The number of aryl methyl sites for hydroxylation is 1. The fourth-order valence-electron chi connectivity index (χ4n) is 2.90. The SMILES string of the molecule is O=C(CCc1c([N+](=O)[O-])ccc2ccccc12)C(=O)OCc1ccccc1. The molecule has 0 radical (unpaired) electrons. The number of carbonyl (C=O) groups is 2. The molecule has 0 aliphatic carbocycles. The van der Waals surface area contributed by atoms with Gasteiger partial charge in [0.2, 0.25) is 5.78 Å². The van der Waals surface area contributed by atoms with E-state index in [9.17, 15) is 19.7 Å². The van der Waals surface area contributed by atoms with Crippen LogP contribution < -0.4 is 0 Å². The molecule has 3 aromatic rings. The molecule has 0 saturated heterocycles. The third kappa shape index (κ3) is 4.36. The predicted octanol–water partition coefficient (Wildman–Crippen LogP) is 3.99. The standard InChI is InChI=1S/C21H17NO5/c23-20(21(24)27-14-15-6-2-1-3-7-15)13-11-18-17-9-5-4-8-16(17)10-12-19(18)22(25)26/h1-10,12H,11,13-14H2. The second kappa shape index (κ2) is 8.23. The molecule has 0 fully saturated rings. The Hall–Kier alpha value is -3.54. The van der Waals surface area contributed by atoms with E-state index in [-0.39, 0.29) is 25.1 Å². The molecule has 0 unspecified atom stereocenters. The van der Waals surface area contributed by atoms with Gasteiger partial charge in [0.25, 0.3) is 5.69 Å². The molecule has 3 rings (SSSR count). The van der Waals surface area contributed by atoms with Crippen LogP contribution in [0.5, 0.6) is 0 Å². The summed E-state index contributed by atoms with van der Waals surface area (Å²) in [7, 11) is 0. The zero-order valence-electron chi connectivity index (χ0n) is 14.5. The number of ether oxygens (including phenoxy) is 1. The number of benzene rings is 3. The summed E-state index contributed by atoms with van der Waals surface area (Å²) in [6.45, 7) is 0.0137. The molecule has 0 bridgehead atoms. The minimum atomic E-state index is -0.929. The summed E-state index contributed by atoms with van der Waals surface area (Å²) in [5.74, 6) is -1.63. The molecular formula is C21H17NO5. The van der Waals surface area contributed by atoms with Gasteiger partial charge in [-0.25, -0.2) is 4.79 Å². The zero-order valence-corrected chi connectivity index (χ0v) is 14.5. The van der Waals surface area contributed by atoms with Crippen molar-refractivity contribution >= 4 is 28.2 Å². The van der Waals surface area contributed by atoms with Gasteiger partial charge in [0.15, 0.2) is 0 Å². The lowest BCUT2D eigenvalue weighted by Crippen LogP contribution is -2.18. The van der Waals surface area contributed by atoms with Crippen LogP contribution in [-0.4, -0.2) is 16.7 Å². The van der Waals surface area contributed by atoms with Gasteiger partial charge in [-0.15, -0.1) is 0 Å². The molecule has 0 aliphatic rings. The average molecular weight is 363 g/mol. The quantitative estimate of drug-likeness (QED) is 0.274. The minimum absolute atomic E-state index is 0.0137. The van der Waals surface area contributed by atoms with Gasteiger partial charge in [-0.1, -0.05) is 54.6 Å². The zero-order chi connectivity index (χ0) is 19.2. The number of nitro benzene ring substituents is 1. The minimum Gasteiger partial charge on any atom is -0.455 e. The Bertz CT molecular complexity index is 998. The Morgan fingerprint density at radius 3 is 2.37 bits per heavy atom. The highest BCUT2D eigenvalue weighted by Gasteiger charge is 2.21. The van der Waals surface area contributed by atoms with Crippen LogP contribution in [0.15, 0.2) is 66.7 Å².